The van der Waals surface area contributed by atoms with Crippen LogP contribution in [0.25, 0.3) is 22.7 Å². The minimum absolute atomic E-state index is 0.585. The van der Waals surface area contributed by atoms with Gasteiger partial charge in [0.05, 0.1) is 11.0 Å². The molecule has 3 nitrogen and oxygen atoms in total. The Morgan fingerprint density at radius 2 is 1.80 bits per heavy atom. The molecule has 0 saturated carbocycles. The molecule has 0 amide bonds. The summed E-state index contributed by atoms with van der Waals surface area (Å²) < 4.78 is 5.96. The lowest BCUT2D eigenvalue weighted by atomic mass is 10.1. The fourth-order valence-corrected chi connectivity index (χ4v) is 3.49. The largest absolute Gasteiger partial charge is 0.487 e. The minimum Gasteiger partial charge on any atom is -0.487 e. The van der Waals surface area contributed by atoms with E-state index in [1.54, 1.807) is 0 Å². The first kappa shape index (κ1) is 14.2. The number of allylic oxidation sites excluding steroid dienone is 1. The first-order valence-corrected chi connectivity index (χ1v) is 8.53. The molecular weight excluding hydrogens is 308 g/mol. The normalized spacial score (nSPS) is 15.4. The standard InChI is InChI=1S/C22H18N2O/c1-2-6-16(7-3-1)15-25-17-10-11-21-22-19(12-13-24(21)14-17)18-8-4-5-9-20(18)23-22/h1-12,14,23H,13,15H2. The van der Waals surface area contributed by atoms with Gasteiger partial charge >= 0.3 is 0 Å². The van der Waals surface area contributed by atoms with Gasteiger partial charge in [-0.25, -0.2) is 0 Å². The molecule has 0 unspecified atom stereocenters. The number of fused-ring (bicyclic) bond motifs is 4. The Kier molecular flexibility index (Phi) is 3.23. The van der Waals surface area contributed by atoms with Gasteiger partial charge in [0.2, 0.25) is 0 Å². The van der Waals surface area contributed by atoms with Crippen molar-refractivity contribution in [1.29, 1.82) is 0 Å². The van der Waals surface area contributed by atoms with Gasteiger partial charge in [-0.3, -0.25) is 0 Å². The number of hydrogen-bond acceptors (Lipinski definition) is 2. The number of para-hydroxylation sites is 1. The number of aromatic amines is 1. The molecule has 1 aromatic heterocycles. The monoisotopic (exact) mass is 326 g/mol. The Bertz CT molecular complexity index is 1120. The summed E-state index contributed by atoms with van der Waals surface area (Å²) in [7, 11) is 0. The molecule has 2 aliphatic heterocycles. The summed E-state index contributed by atoms with van der Waals surface area (Å²) in [6.07, 6.45) is 8.56. The lowest BCUT2D eigenvalue weighted by Crippen LogP contribution is -2.37. The van der Waals surface area contributed by atoms with Crippen LogP contribution in [0.2, 0.25) is 0 Å². The van der Waals surface area contributed by atoms with Crippen LogP contribution in [-0.2, 0) is 11.3 Å². The summed E-state index contributed by atoms with van der Waals surface area (Å²) >= 11 is 0. The fourth-order valence-electron chi connectivity index (χ4n) is 3.49. The third-order valence-corrected chi connectivity index (χ3v) is 4.74. The molecule has 0 aliphatic carbocycles. The van der Waals surface area contributed by atoms with Crippen molar-refractivity contribution >= 4 is 22.7 Å². The molecule has 25 heavy (non-hydrogen) atoms. The van der Waals surface area contributed by atoms with E-state index in [0.29, 0.717) is 6.61 Å². The molecule has 2 aliphatic rings. The highest BCUT2D eigenvalue weighted by molar-refractivity contribution is 5.83. The van der Waals surface area contributed by atoms with Crippen LogP contribution in [-0.4, -0.2) is 16.4 Å². The lowest BCUT2D eigenvalue weighted by Gasteiger charge is -2.26. The number of nitrogens with one attached hydrogen (secondary N) is 1. The van der Waals surface area contributed by atoms with E-state index in [-0.39, 0.29) is 0 Å². The smallest absolute Gasteiger partial charge is 0.136 e. The zero-order valence-electron chi connectivity index (χ0n) is 13.8. The topological polar surface area (TPSA) is 28.3 Å². The first-order chi connectivity index (χ1) is 12.4. The number of nitrogens with zero attached hydrogens (tertiary/aromatic N) is 1. The molecule has 0 radical (unpaired) electrons. The van der Waals surface area contributed by atoms with Crippen LogP contribution < -0.4 is 10.6 Å². The molecule has 0 spiro atoms. The quantitative estimate of drug-likeness (QED) is 0.801. The molecule has 2 aromatic carbocycles. The van der Waals surface area contributed by atoms with Gasteiger partial charge in [0.25, 0.3) is 0 Å². The highest BCUT2D eigenvalue weighted by Gasteiger charge is 2.17. The van der Waals surface area contributed by atoms with Gasteiger partial charge in [-0.1, -0.05) is 54.6 Å². The summed E-state index contributed by atoms with van der Waals surface area (Å²) in [6, 6.07) is 18.7. The zero-order valence-corrected chi connectivity index (χ0v) is 13.8. The molecule has 3 heteroatoms. The van der Waals surface area contributed by atoms with Crippen molar-refractivity contribution in [2.24, 2.45) is 0 Å². The number of H-pyrrole nitrogens is 1. The molecule has 0 fully saturated rings. The van der Waals surface area contributed by atoms with Crippen LogP contribution in [0.3, 0.4) is 0 Å². The van der Waals surface area contributed by atoms with Crippen LogP contribution in [0.1, 0.15) is 5.56 Å². The van der Waals surface area contributed by atoms with Crippen LogP contribution >= 0.6 is 0 Å². The van der Waals surface area contributed by atoms with Crippen LogP contribution in [0.4, 0.5) is 0 Å². The zero-order chi connectivity index (χ0) is 16.6. The van der Waals surface area contributed by atoms with Gasteiger partial charge in [-0.2, -0.15) is 0 Å². The number of aromatic nitrogens is 1. The second-order valence-electron chi connectivity index (χ2n) is 6.34. The van der Waals surface area contributed by atoms with E-state index < -0.39 is 0 Å². The van der Waals surface area contributed by atoms with Gasteiger partial charge in [0.15, 0.2) is 0 Å². The molecule has 5 rings (SSSR count). The van der Waals surface area contributed by atoms with Gasteiger partial charge in [-0.05, 0) is 23.8 Å². The molecule has 3 heterocycles. The average molecular weight is 326 g/mol. The maximum absolute atomic E-state index is 5.96. The lowest BCUT2D eigenvalue weighted by molar-refractivity contribution is 0.205. The SMILES string of the molecule is C1=CC2=c3[nH]c4ccccc4c3=CCN2C=C1OCc1ccccc1. The van der Waals surface area contributed by atoms with E-state index in [0.717, 1.165) is 12.3 Å². The van der Waals surface area contributed by atoms with Crippen LogP contribution in [0.5, 0.6) is 0 Å². The van der Waals surface area contributed by atoms with Crippen molar-refractivity contribution in [3.8, 4) is 0 Å². The van der Waals surface area contributed by atoms with E-state index in [9.17, 15) is 0 Å². The Labute approximate surface area is 145 Å². The molecule has 0 saturated heterocycles. The maximum atomic E-state index is 5.96. The van der Waals surface area contributed by atoms with E-state index in [4.69, 9.17) is 4.74 Å². The predicted molar refractivity (Wildman–Crippen MR) is 101 cm³/mol. The Morgan fingerprint density at radius 3 is 2.72 bits per heavy atom. The molecular formula is C22H18N2O. The number of ether oxygens (including phenoxy) is 1. The highest BCUT2D eigenvalue weighted by Crippen LogP contribution is 2.20. The van der Waals surface area contributed by atoms with Crippen molar-refractivity contribution in [2.45, 2.75) is 6.61 Å². The van der Waals surface area contributed by atoms with E-state index in [2.05, 4.69) is 70.7 Å². The second-order valence-corrected chi connectivity index (χ2v) is 6.34. The third-order valence-electron chi connectivity index (χ3n) is 4.74. The predicted octanol–water partition coefficient (Wildman–Crippen LogP) is 3.00. The summed E-state index contributed by atoms with van der Waals surface area (Å²) in [6.45, 7) is 1.44. The average Bonchev–Trinajstić information content (AvgIpc) is 3.06. The molecule has 1 N–H and O–H groups in total. The van der Waals surface area contributed by atoms with Crippen LogP contribution in [0, 0.1) is 0 Å². The minimum atomic E-state index is 0.585. The van der Waals surface area contributed by atoms with Gasteiger partial charge in [0, 0.05) is 28.9 Å². The second kappa shape index (κ2) is 5.71. The van der Waals surface area contributed by atoms with Gasteiger partial charge < -0.3 is 14.6 Å². The number of hydrogen-bond donors (Lipinski definition) is 1. The fraction of sp³-hybridized carbons (Fsp3) is 0.0909. The van der Waals surface area contributed by atoms with E-state index >= 15 is 0 Å². The molecule has 0 bridgehead atoms. The summed E-state index contributed by atoms with van der Waals surface area (Å²) in [4.78, 5) is 5.79. The van der Waals surface area contributed by atoms with Gasteiger partial charge in [0.1, 0.15) is 12.4 Å². The number of rotatable bonds is 3. The van der Waals surface area contributed by atoms with Gasteiger partial charge in [-0.15, -0.1) is 0 Å². The maximum Gasteiger partial charge on any atom is 0.136 e. The van der Waals surface area contributed by atoms with Crippen molar-refractivity contribution < 1.29 is 4.74 Å². The first-order valence-electron chi connectivity index (χ1n) is 8.53. The third kappa shape index (κ3) is 2.45. The Balaban J connectivity index is 1.47. The Morgan fingerprint density at radius 1 is 0.960 bits per heavy atom. The summed E-state index contributed by atoms with van der Waals surface area (Å²) in [5.41, 5.74) is 3.55. The van der Waals surface area contributed by atoms with Crippen molar-refractivity contribution in [1.82, 2.24) is 9.88 Å². The van der Waals surface area contributed by atoms with Crippen molar-refractivity contribution in [3.63, 3.8) is 0 Å². The summed E-state index contributed by atoms with van der Waals surface area (Å²) in [5, 5.41) is 3.77. The van der Waals surface area contributed by atoms with Crippen molar-refractivity contribution in [2.75, 3.05) is 6.54 Å². The van der Waals surface area contributed by atoms with E-state index in [1.807, 2.05) is 18.2 Å². The highest BCUT2D eigenvalue weighted by atomic mass is 16.5. The van der Waals surface area contributed by atoms with Crippen LogP contribution in [0.15, 0.2) is 78.7 Å². The summed E-state index contributed by atoms with van der Waals surface area (Å²) in [5.74, 6) is 0.889. The molecule has 3 aromatic rings. The van der Waals surface area contributed by atoms with Crippen molar-refractivity contribution in [3.05, 3.63) is 94.8 Å². The number of benzene rings is 2. The molecule has 122 valence electrons. The van der Waals surface area contributed by atoms with E-state index in [1.165, 1.54) is 32.7 Å². The molecule has 0 atom stereocenters. The Hall–Kier alpha value is -3.20.